The molecule has 0 radical (unpaired) electrons. The molecule has 39 heavy (non-hydrogen) atoms. The van der Waals surface area contributed by atoms with E-state index in [1.165, 1.54) is 11.8 Å². The van der Waals surface area contributed by atoms with Crippen molar-refractivity contribution in [3.8, 4) is 5.75 Å². The van der Waals surface area contributed by atoms with Crippen LogP contribution in [-0.4, -0.2) is 29.3 Å². The van der Waals surface area contributed by atoms with Gasteiger partial charge >= 0.3 is 0 Å². The summed E-state index contributed by atoms with van der Waals surface area (Å²) < 4.78 is 5.56. The maximum Gasteiger partial charge on any atom is 0.300 e. The summed E-state index contributed by atoms with van der Waals surface area (Å²) in [5, 5.41) is 14.4. The van der Waals surface area contributed by atoms with E-state index in [1.54, 1.807) is 42.5 Å². The number of carbonyl (C=O) groups excluding carboxylic acids is 3. The van der Waals surface area contributed by atoms with E-state index in [9.17, 15) is 19.5 Å². The van der Waals surface area contributed by atoms with Crippen LogP contribution in [0.4, 0.5) is 11.4 Å². The Morgan fingerprint density at radius 3 is 2.23 bits per heavy atom. The van der Waals surface area contributed by atoms with Gasteiger partial charge in [0.15, 0.2) is 0 Å². The van der Waals surface area contributed by atoms with E-state index in [2.05, 4.69) is 26.1 Å². The van der Waals surface area contributed by atoms with Crippen LogP contribution in [0.2, 0.25) is 5.02 Å². The average molecular weight is 547 g/mol. The van der Waals surface area contributed by atoms with Crippen LogP contribution in [0.3, 0.4) is 0 Å². The Hall–Kier alpha value is -4.10. The Morgan fingerprint density at radius 2 is 1.67 bits per heavy atom. The van der Waals surface area contributed by atoms with Crippen molar-refractivity contribution >= 4 is 46.3 Å². The molecule has 1 fully saturated rings. The monoisotopic (exact) mass is 546 g/mol. The molecule has 1 aliphatic heterocycles. The number of hydrogen-bond acceptors (Lipinski definition) is 5. The standard InChI is InChI=1S/C31H31ClN2O5/c1-6-39-23-15-16-25(32)24(17-23)28(36)26-27(19-7-9-20(10-8-19)31(3,4)5)34(30(38)29(26)37)22-13-11-21(12-14-22)33-18(2)35/h7-17,27,36H,6H2,1-5H3,(H,33,35)/b28-26+. The van der Waals surface area contributed by atoms with Gasteiger partial charge in [-0.2, -0.15) is 0 Å². The number of aliphatic hydroxyl groups excluding tert-OH is 1. The highest BCUT2D eigenvalue weighted by molar-refractivity contribution is 6.52. The van der Waals surface area contributed by atoms with E-state index in [4.69, 9.17) is 16.3 Å². The topological polar surface area (TPSA) is 95.9 Å². The molecule has 1 saturated heterocycles. The molecule has 2 N–H and O–H groups in total. The summed E-state index contributed by atoms with van der Waals surface area (Å²) >= 11 is 6.44. The molecule has 1 heterocycles. The third-order valence-corrected chi connectivity index (χ3v) is 6.84. The lowest BCUT2D eigenvalue weighted by molar-refractivity contribution is -0.132. The van der Waals surface area contributed by atoms with Crippen LogP contribution in [-0.2, 0) is 19.8 Å². The molecule has 8 heteroatoms. The molecule has 202 valence electrons. The van der Waals surface area contributed by atoms with Gasteiger partial charge in [0.05, 0.1) is 23.2 Å². The first-order chi connectivity index (χ1) is 18.4. The molecule has 1 aliphatic rings. The van der Waals surface area contributed by atoms with Gasteiger partial charge in [0.1, 0.15) is 11.5 Å². The molecule has 7 nitrogen and oxygen atoms in total. The van der Waals surface area contributed by atoms with Crippen LogP contribution in [0.15, 0.2) is 72.3 Å². The summed E-state index contributed by atoms with van der Waals surface area (Å²) in [5.41, 5.74) is 2.72. The van der Waals surface area contributed by atoms with Crippen molar-refractivity contribution in [3.63, 3.8) is 0 Å². The molecule has 3 aromatic rings. The predicted octanol–water partition coefficient (Wildman–Crippen LogP) is 6.62. The Balaban J connectivity index is 1.91. The third kappa shape index (κ3) is 5.68. The highest BCUT2D eigenvalue weighted by Crippen LogP contribution is 2.44. The van der Waals surface area contributed by atoms with Crippen molar-refractivity contribution in [2.24, 2.45) is 0 Å². The zero-order chi connectivity index (χ0) is 28.5. The first-order valence-electron chi connectivity index (χ1n) is 12.6. The van der Waals surface area contributed by atoms with Gasteiger partial charge in [0.2, 0.25) is 5.91 Å². The zero-order valence-corrected chi connectivity index (χ0v) is 23.3. The maximum atomic E-state index is 13.5. The number of nitrogens with zero attached hydrogens (tertiary/aromatic N) is 1. The van der Waals surface area contributed by atoms with Crippen LogP contribution >= 0.6 is 11.6 Å². The number of rotatable bonds is 6. The van der Waals surface area contributed by atoms with Crippen LogP contribution in [0, 0.1) is 0 Å². The normalized spacial score (nSPS) is 16.9. The molecule has 0 aromatic heterocycles. The van der Waals surface area contributed by atoms with Gasteiger partial charge < -0.3 is 15.2 Å². The smallest absolute Gasteiger partial charge is 0.300 e. The van der Waals surface area contributed by atoms with Crippen molar-refractivity contribution in [1.29, 1.82) is 0 Å². The maximum absolute atomic E-state index is 13.5. The van der Waals surface area contributed by atoms with Gasteiger partial charge in [-0.3, -0.25) is 19.3 Å². The lowest BCUT2D eigenvalue weighted by Crippen LogP contribution is -2.29. The van der Waals surface area contributed by atoms with Gasteiger partial charge in [0, 0.05) is 23.9 Å². The SMILES string of the molecule is CCOc1ccc(Cl)c(/C(O)=C2\C(=O)C(=O)N(c3ccc(NC(C)=O)cc3)C2c2ccc(C(C)(C)C)cc2)c1. The lowest BCUT2D eigenvalue weighted by atomic mass is 9.85. The lowest BCUT2D eigenvalue weighted by Gasteiger charge is -2.27. The number of Topliss-reactive ketones (excluding diaryl/α,β-unsaturated/α-hetero) is 1. The molecule has 2 amide bonds. The largest absolute Gasteiger partial charge is 0.507 e. The second kappa shape index (κ2) is 10.9. The fraction of sp³-hybridized carbons (Fsp3) is 0.258. The Bertz CT molecular complexity index is 1450. The highest BCUT2D eigenvalue weighted by atomic mass is 35.5. The summed E-state index contributed by atoms with van der Waals surface area (Å²) in [6.07, 6.45) is 0. The Labute approximate surface area is 233 Å². The van der Waals surface area contributed by atoms with Crippen LogP contribution in [0.1, 0.15) is 57.4 Å². The van der Waals surface area contributed by atoms with Gasteiger partial charge in [-0.25, -0.2) is 0 Å². The predicted molar refractivity (Wildman–Crippen MR) is 153 cm³/mol. The molecule has 1 atom stereocenters. The number of ether oxygens (including phenoxy) is 1. The highest BCUT2D eigenvalue weighted by Gasteiger charge is 2.47. The molecule has 0 spiro atoms. The van der Waals surface area contributed by atoms with Crippen molar-refractivity contribution in [2.75, 3.05) is 16.8 Å². The summed E-state index contributed by atoms with van der Waals surface area (Å²) in [5.74, 6) is -1.76. The number of carbonyl (C=O) groups is 3. The van der Waals surface area contributed by atoms with Gasteiger partial charge in [-0.05, 0) is 65.9 Å². The van der Waals surface area contributed by atoms with Crippen molar-refractivity contribution in [3.05, 3.63) is 94.0 Å². The fourth-order valence-corrected chi connectivity index (χ4v) is 4.78. The first-order valence-corrected chi connectivity index (χ1v) is 13.0. The number of halogens is 1. The number of anilines is 2. The Morgan fingerprint density at radius 1 is 1.03 bits per heavy atom. The van der Waals surface area contributed by atoms with Crippen molar-refractivity contribution < 1.29 is 24.2 Å². The molecule has 3 aromatic carbocycles. The van der Waals surface area contributed by atoms with E-state index < -0.39 is 17.7 Å². The molecule has 0 aliphatic carbocycles. The molecular formula is C31H31ClN2O5. The summed E-state index contributed by atoms with van der Waals surface area (Å²) in [6.45, 7) is 9.92. The summed E-state index contributed by atoms with van der Waals surface area (Å²) in [7, 11) is 0. The number of hydrogen-bond donors (Lipinski definition) is 2. The van der Waals surface area contributed by atoms with Crippen molar-refractivity contribution in [2.45, 2.75) is 46.1 Å². The first kappa shape index (κ1) is 27.9. The van der Waals surface area contributed by atoms with E-state index in [0.717, 1.165) is 5.56 Å². The Kier molecular flexibility index (Phi) is 7.84. The third-order valence-electron chi connectivity index (χ3n) is 6.51. The molecule has 0 saturated carbocycles. The van der Waals surface area contributed by atoms with E-state index in [0.29, 0.717) is 29.3 Å². The molecule has 1 unspecified atom stereocenters. The number of amides is 2. The quantitative estimate of drug-likeness (QED) is 0.206. The minimum atomic E-state index is -0.919. The number of benzene rings is 3. The average Bonchev–Trinajstić information content (AvgIpc) is 3.15. The van der Waals surface area contributed by atoms with Crippen LogP contribution in [0.5, 0.6) is 5.75 Å². The zero-order valence-electron chi connectivity index (χ0n) is 22.5. The van der Waals surface area contributed by atoms with E-state index in [-0.39, 0.29) is 33.2 Å². The second-order valence-electron chi connectivity index (χ2n) is 10.3. The fourth-order valence-electron chi connectivity index (χ4n) is 4.58. The number of ketones is 1. The van der Waals surface area contributed by atoms with E-state index >= 15 is 0 Å². The second-order valence-corrected chi connectivity index (χ2v) is 10.8. The summed E-state index contributed by atoms with van der Waals surface area (Å²) in [4.78, 5) is 39.8. The van der Waals surface area contributed by atoms with Gasteiger partial charge in [0.25, 0.3) is 11.7 Å². The molecule has 4 rings (SSSR count). The molecule has 0 bridgehead atoms. The minimum absolute atomic E-state index is 0.0787. The van der Waals surface area contributed by atoms with Crippen LogP contribution in [0.25, 0.3) is 5.76 Å². The number of nitrogens with one attached hydrogen (secondary N) is 1. The van der Waals surface area contributed by atoms with Gasteiger partial charge in [-0.15, -0.1) is 0 Å². The van der Waals surface area contributed by atoms with Crippen LogP contribution < -0.4 is 15.0 Å². The van der Waals surface area contributed by atoms with Gasteiger partial charge in [-0.1, -0.05) is 56.6 Å². The number of aliphatic hydroxyl groups is 1. The summed E-state index contributed by atoms with van der Waals surface area (Å²) in [6, 6.07) is 18.1. The molecular weight excluding hydrogens is 516 g/mol. The van der Waals surface area contributed by atoms with Crippen molar-refractivity contribution in [1.82, 2.24) is 0 Å². The van der Waals surface area contributed by atoms with E-state index in [1.807, 2.05) is 31.2 Å². The minimum Gasteiger partial charge on any atom is -0.507 e.